The SMILES string of the molecule is Cc1ccc2[nH]c(O)c(C=Nc3ccc(F)c(F)c3F)c2c1. The molecule has 2 aromatic carbocycles. The fourth-order valence-electron chi connectivity index (χ4n) is 2.19. The van der Waals surface area contributed by atoms with Crippen LogP contribution in [0.25, 0.3) is 10.9 Å². The molecule has 3 aromatic rings. The molecular formula is C16H11F3N2O. The Bertz CT molecular complexity index is 900. The van der Waals surface area contributed by atoms with Crippen molar-refractivity contribution in [2.75, 3.05) is 0 Å². The summed E-state index contributed by atoms with van der Waals surface area (Å²) in [6.45, 7) is 1.89. The molecule has 3 rings (SSSR count). The van der Waals surface area contributed by atoms with Gasteiger partial charge in [-0.25, -0.2) is 13.2 Å². The third kappa shape index (κ3) is 2.32. The lowest BCUT2D eigenvalue weighted by Crippen LogP contribution is -1.90. The smallest absolute Gasteiger partial charge is 0.198 e. The fourth-order valence-corrected chi connectivity index (χ4v) is 2.19. The number of aromatic nitrogens is 1. The van der Waals surface area contributed by atoms with Gasteiger partial charge in [0.2, 0.25) is 0 Å². The Morgan fingerprint density at radius 3 is 2.64 bits per heavy atom. The quantitative estimate of drug-likeness (QED) is 0.536. The van der Waals surface area contributed by atoms with Crippen molar-refractivity contribution in [1.82, 2.24) is 4.98 Å². The zero-order chi connectivity index (χ0) is 15.9. The Morgan fingerprint density at radius 1 is 1.09 bits per heavy atom. The molecule has 0 amide bonds. The summed E-state index contributed by atoms with van der Waals surface area (Å²) in [5, 5.41) is 10.6. The van der Waals surface area contributed by atoms with Crippen LogP contribution in [0, 0.1) is 24.4 Å². The molecule has 0 saturated carbocycles. The standard InChI is InChI=1S/C16H11F3N2O/c1-8-2-4-12-9(6-8)10(16(22)21-12)7-20-13-5-3-11(17)14(18)15(13)19/h2-7,21-22H,1H3. The molecule has 0 aliphatic heterocycles. The summed E-state index contributed by atoms with van der Waals surface area (Å²) in [7, 11) is 0. The molecule has 0 saturated heterocycles. The van der Waals surface area contributed by atoms with Crippen molar-refractivity contribution in [2.24, 2.45) is 4.99 Å². The zero-order valence-electron chi connectivity index (χ0n) is 11.5. The van der Waals surface area contributed by atoms with E-state index in [1.165, 1.54) is 6.21 Å². The third-order valence-corrected chi connectivity index (χ3v) is 3.32. The van der Waals surface area contributed by atoms with E-state index in [1.54, 1.807) is 6.07 Å². The maximum absolute atomic E-state index is 13.6. The fraction of sp³-hybridized carbons (Fsp3) is 0.0625. The van der Waals surface area contributed by atoms with Gasteiger partial charge in [-0.3, -0.25) is 4.99 Å². The topological polar surface area (TPSA) is 48.4 Å². The monoisotopic (exact) mass is 304 g/mol. The van der Waals surface area contributed by atoms with Crippen molar-refractivity contribution in [3.05, 3.63) is 58.9 Å². The second-order valence-corrected chi connectivity index (χ2v) is 4.89. The van der Waals surface area contributed by atoms with Crippen molar-refractivity contribution in [2.45, 2.75) is 6.92 Å². The number of hydrogen-bond donors (Lipinski definition) is 2. The summed E-state index contributed by atoms with van der Waals surface area (Å²) in [6, 6.07) is 7.31. The highest BCUT2D eigenvalue weighted by atomic mass is 19.2. The molecule has 0 unspecified atom stereocenters. The lowest BCUT2D eigenvalue weighted by atomic mass is 10.1. The number of aliphatic imine (C=N–C) groups is 1. The third-order valence-electron chi connectivity index (χ3n) is 3.32. The van der Waals surface area contributed by atoms with E-state index in [4.69, 9.17) is 0 Å². The van der Waals surface area contributed by atoms with Gasteiger partial charge in [-0.15, -0.1) is 0 Å². The highest BCUT2D eigenvalue weighted by Gasteiger charge is 2.13. The molecule has 0 fully saturated rings. The second-order valence-electron chi connectivity index (χ2n) is 4.89. The van der Waals surface area contributed by atoms with E-state index < -0.39 is 17.5 Å². The summed E-state index contributed by atoms with van der Waals surface area (Å²) in [5.74, 6) is -4.35. The molecule has 0 atom stereocenters. The number of rotatable bonds is 2. The van der Waals surface area contributed by atoms with Crippen LogP contribution in [0.4, 0.5) is 18.9 Å². The number of halogens is 3. The number of hydrogen-bond acceptors (Lipinski definition) is 2. The molecule has 6 heteroatoms. The normalized spacial score (nSPS) is 11.6. The molecule has 1 aromatic heterocycles. The van der Waals surface area contributed by atoms with Crippen LogP contribution >= 0.6 is 0 Å². The number of nitrogens with zero attached hydrogens (tertiary/aromatic N) is 1. The predicted molar refractivity (Wildman–Crippen MR) is 78.3 cm³/mol. The molecule has 3 nitrogen and oxygen atoms in total. The van der Waals surface area contributed by atoms with Gasteiger partial charge in [0.25, 0.3) is 0 Å². The van der Waals surface area contributed by atoms with Crippen molar-refractivity contribution in [3.63, 3.8) is 0 Å². The summed E-state index contributed by atoms with van der Waals surface area (Å²) in [4.78, 5) is 6.57. The number of aromatic amines is 1. The second kappa shape index (κ2) is 5.22. The van der Waals surface area contributed by atoms with Crippen LogP contribution in [-0.2, 0) is 0 Å². The zero-order valence-corrected chi connectivity index (χ0v) is 11.5. The molecule has 0 radical (unpaired) electrons. The molecule has 0 aliphatic rings. The molecule has 2 N–H and O–H groups in total. The Balaban J connectivity index is 2.08. The Morgan fingerprint density at radius 2 is 1.86 bits per heavy atom. The van der Waals surface area contributed by atoms with Gasteiger partial charge in [-0.05, 0) is 31.2 Å². The van der Waals surface area contributed by atoms with Crippen LogP contribution in [-0.4, -0.2) is 16.3 Å². The molecule has 0 aliphatic carbocycles. The van der Waals surface area contributed by atoms with Crippen LogP contribution in [0.1, 0.15) is 11.1 Å². The van der Waals surface area contributed by atoms with E-state index >= 15 is 0 Å². The number of fused-ring (bicyclic) bond motifs is 1. The number of nitrogens with one attached hydrogen (secondary N) is 1. The molecule has 112 valence electrons. The predicted octanol–water partition coefficient (Wildman–Crippen LogP) is 4.35. The van der Waals surface area contributed by atoms with E-state index in [1.807, 2.05) is 19.1 Å². The first kappa shape index (κ1) is 14.2. The average Bonchev–Trinajstić information content (AvgIpc) is 2.79. The largest absolute Gasteiger partial charge is 0.494 e. The van der Waals surface area contributed by atoms with Crippen molar-refractivity contribution < 1.29 is 18.3 Å². The molecule has 0 bridgehead atoms. The van der Waals surface area contributed by atoms with Crippen LogP contribution in [0.2, 0.25) is 0 Å². The molecule has 1 heterocycles. The maximum atomic E-state index is 13.6. The summed E-state index contributed by atoms with van der Waals surface area (Å²) in [5.41, 5.74) is 1.67. The minimum absolute atomic E-state index is 0.132. The highest BCUT2D eigenvalue weighted by Crippen LogP contribution is 2.28. The van der Waals surface area contributed by atoms with E-state index in [0.717, 1.165) is 17.7 Å². The summed E-state index contributed by atoms with van der Waals surface area (Å²) >= 11 is 0. The molecular weight excluding hydrogens is 293 g/mol. The number of H-pyrrole nitrogens is 1. The number of benzene rings is 2. The lowest BCUT2D eigenvalue weighted by Gasteiger charge is -1.99. The Hall–Kier alpha value is -2.76. The van der Waals surface area contributed by atoms with E-state index in [0.29, 0.717) is 16.5 Å². The first-order valence-corrected chi connectivity index (χ1v) is 6.46. The Kier molecular flexibility index (Phi) is 3.36. The first-order valence-electron chi connectivity index (χ1n) is 6.46. The average molecular weight is 304 g/mol. The first-order chi connectivity index (χ1) is 10.5. The minimum Gasteiger partial charge on any atom is -0.494 e. The van der Waals surface area contributed by atoms with Crippen LogP contribution in [0.5, 0.6) is 5.88 Å². The van der Waals surface area contributed by atoms with Crippen LogP contribution < -0.4 is 0 Å². The highest BCUT2D eigenvalue weighted by molar-refractivity contribution is 6.02. The van der Waals surface area contributed by atoms with Crippen LogP contribution in [0.15, 0.2) is 35.3 Å². The number of aromatic hydroxyl groups is 1. The minimum atomic E-state index is -1.58. The van der Waals surface area contributed by atoms with Gasteiger partial charge in [0, 0.05) is 17.1 Å². The van der Waals surface area contributed by atoms with Gasteiger partial charge in [0.15, 0.2) is 23.3 Å². The Labute approximate surface area is 123 Å². The summed E-state index contributed by atoms with van der Waals surface area (Å²) < 4.78 is 39.6. The molecule has 0 spiro atoms. The van der Waals surface area contributed by atoms with Gasteiger partial charge < -0.3 is 10.1 Å². The lowest BCUT2D eigenvalue weighted by molar-refractivity contribution is 0.448. The van der Waals surface area contributed by atoms with Crippen LogP contribution in [0.3, 0.4) is 0 Å². The van der Waals surface area contributed by atoms with E-state index in [9.17, 15) is 18.3 Å². The van der Waals surface area contributed by atoms with Crippen molar-refractivity contribution >= 4 is 22.8 Å². The van der Waals surface area contributed by atoms with Crippen molar-refractivity contribution in [1.29, 1.82) is 0 Å². The van der Waals surface area contributed by atoms with Gasteiger partial charge in [0.1, 0.15) is 5.69 Å². The van der Waals surface area contributed by atoms with E-state index in [-0.39, 0.29) is 11.6 Å². The summed E-state index contributed by atoms with van der Waals surface area (Å²) in [6.07, 6.45) is 1.21. The van der Waals surface area contributed by atoms with Gasteiger partial charge in [-0.2, -0.15) is 0 Å². The van der Waals surface area contributed by atoms with Gasteiger partial charge in [0.05, 0.1) is 5.56 Å². The maximum Gasteiger partial charge on any atom is 0.198 e. The van der Waals surface area contributed by atoms with Gasteiger partial charge >= 0.3 is 0 Å². The molecule has 22 heavy (non-hydrogen) atoms. The van der Waals surface area contributed by atoms with Crippen molar-refractivity contribution in [3.8, 4) is 5.88 Å². The van der Waals surface area contributed by atoms with Gasteiger partial charge in [-0.1, -0.05) is 11.6 Å². The van der Waals surface area contributed by atoms with E-state index in [2.05, 4.69) is 9.98 Å². The number of aryl methyl sites for hydroxylation is 1.